The van der Waals surface area contributed by atoms with Crippen LogP contribution in [0.5, 0.6) is 5.75 Å². The van der Waals surface area contributed by atoms with Crippen LogP contribution < -0.4 is 4.74 Å². The first-order chi connectivity index (χ1) is 12.0. The number of carboxylic acid groups (broad SMARTS) is 1. The summed E-state index contributed by atoms with van der Waals surface area (Å²) in [5, 5.41) is 9.10. The molecule has 0 aromatic heterocycles. The van der Waals surface area contributed by atoms with Crippen molar-refractivity contribution in [3.8, 4) is 5.75 Å². The Morgan fingerprint density at radius 3 is 2.80 bits per heavy atom. The van der Waals surface area contributed by atoms with Crippen molar-refractivity contribution in [2.45, 2.75) is 13.0 Å². The topological polar surface area (TPSA) is 79.3 Å². The second kappa shape index (κ2) is 7.41. The van der Waals surface area contributed by atoms with E-state index in [1.165, 1.54) is 0 Å². The van der Waals surface area contributed by atoms with Gasteiger partial charge in [-0.25, -0.2) is 0 Å². The quantitative estimate of drug-likeness (QED) is 0.869. The Hall–Kier alpha value is -2.12. The van der Waals surface area contributed by atoms with Crippen molar-refractivity contribution in [2.75, 3.05) is 46.5 Å². The van der Waals surface area contributed by atoms with E-state index in [9.17, 15) is 9.59 Å². The Labute approximate surface area is 147 Å². The van der Waals surface area contributed by atoms with Gasteiger partial charge in [-0.2, -0.15) is 0 Å². The zero-order valence-corrected chi connectivity index (χ0v) is 14.6. The number of fused-ring (bicyclic) bond motifs is 3. The van der Waals surface area contributed by atoms with Crippen LogP contribution >= 0.6 is 0 Å². The summed E-state index contributed by atoms with van der Waals surface area (Å²) in [6.07, 6.45) is 0. The normalized spacial score (nSPS) is 23.8. The Morgan fingerprint density at radius 1 is 1.28 bits per heavy atom. The first-order valence-electron chi connectivity index (χ1n) is 8.46. The van der Waals surface area contributed by atoms with Gasteiger partial charge in [0.15, 0.2) is 0 Å². The van der Waals surface area contributed by atoms with E-state index in [1.54, 1.807) is 7.11 Å². The molecule has 0 unspecified atom stereocenters. The first kappa shape index (κ1) is 17.7. The van der Waals surface area contributed by atoms with Gasteiger partial charge < -0.3 is 19.5 Å². The molecule has 2 aliphatic rings. The van der Waals surface area contributed by atoms with Gasteiger partial charge in [-0.1, -0.05) is 6.07 Å². The summed E-state index contributed by atoms with van der Waals surface area (Å²) in [4.78, 5) is 28.0. The minimum atomic E-state index is -0.845. The van der Waals surface area contributed by atoms with Crippen molar-refractivity contribution in [3.63, 3.8) is 0 Å². The number of benzene rings is 1. The van der Waals surface area contributed by atoms with Gasteiger partial charge in [-0.3, -0.25) is 14.5 Å². The van der Waals surface area contributed by atoms with Crippen LogP contribution in [0.3, 0.4) is 0 Å². The monoisotopic (exact) mass is 348 g/mol. The third kappa shape index (κ3) is 3.77. The molecule has 7 nitrogen and oxygen atoms in total. The molecule has 3 rings (SSSR count). The zero-order valence-electron chi connectivity index (χ0n) is 14.6. The molecule has 1 N–H and O–H groups in total. The summed E-state index contributed by atoms with van der Waals surface area (Å²) in [6, 6.07) is 5.32. The van der Waals surface area contributed by atoms with E-state index in [-0.39, 0.29) is 24.4 Å². The molecule has 1 aromatic rings. The SMILES string of the molecule is COc1cccc(C(=O)N2C[C@H]3COC[C@@H]2CN(CC(=O)O)C3)c1C. The molecule has 0 aliphatic carbocycles. The lowest BCUT2D eigenvalue weighted by atomic mass is 10.0. The third-order valence-electron chi connectivity index (χ3n) is 4.90. The summed E-state index contributed by atoms with van der Waals surface area (Å²) in [5.74, 6) is -0.0920. The lowest BCUT2D eigenvalue weighted by Gasteiger charge is -2.31. The number of carboxylic acids is 1. The molecule has 7 heteroatoms. The van der Waals surface area contributed by atoms with E-state index in [4.69, 9.17) is 14.6 Å². The van der Waals surface area contributed by atoms with Crippen molar-refractivity contribution in [2.24, 2.45) is 5.92 Å². The average molecular weight is 348 g/mol. The number of methoxy groups -OCH3 is 1. The van der Waals surface area contributed by atoms with Gasteiger partial charge in [0.1, 0.15) is 5.75 Å². The lowest BCUT2D eigenvalue weighted by molar-refractivity contribution is -0.138. The maximum absolute atomic E-state index is 13.2. The van der Waals surface area contributed by atoms with Gasteiger partial charge in [-0.15, -0.1) is 0 Å². The standard InChI is InChI=1S/C18H24N2O5/c1-12-15(4-3-5-16(12)24-2)18(23)20-7-13-6-19(9-17(21)22)8-14(20)11-25-10-13/h3-5,13-14H,6-11H2,1-2H3,(H,21,22)/t13-,14-/m0/s1. The summed E-state index contributed by atoms with van der Waals surface area (Å²) in [6.45, 7) is 4.57. The number of hydrogen-bond donors (Lipinski definition) is 1. The predicted octanol–water partition coefficient (Wildman–Crippen LogP) is 0.861. The molecule has 2 saturated heterocycles. The van der Waals surface area contributed by atoms with Crippen LogP contribution in [0, 0.1) is 12.8 Å². The smallest absolute Gasteiger partial charge is 0.317 e. The largest absolute Gasteiger partial charge is 0.496 e. The number of nitrogens with zero attached hydrogens (tertiary/aromatic N) is 2. The molecule has 0 saturated carbocycles. The summed E-state index contributed by atoms with van der Waals surface area (Å²) < 4.78 is 11.0. The molecule has 25 heavy (non-hydrogen) atoms. The van der Waals surface area contributed by atoms with Crippen LogP contribution in [0.4, 0.5) is 0 Å². The molecule has 2 aliphatic heterocycles. The van der Waals surface area contributed by atoms with Gasteiger partial charge in [0.2, 0.25) is 0 Å². The molecule has 2 fully saturated rings. The van der Waals surface area contributed by atoms with Crippen molar-refractivity contribution in [3.05, 3.63) is 29.3 Å². The van der Waals surface area contributed by atoms with Gasteiger partial charge in [0.25, 0.3) is 5.91 Å². The fraction of sp³-hybridized carbons (Fsp3) is 0.556. The van der Waals surface area contributed by atoms with Crippen LogP contribution in [0.15, 0.2) is 18.2 Å². The predicted molar refractivity (Wildman–Crippen MR) is 90.9 cm³/mol. The minimum Gasteiger partial charge on any atom is -0.496 e. The molecule has 136 valence electrons. The maximum Gasteiger partial charge on any atom is 0.317 e. The average Bonchev–Trinajstić information content (AvgIpc) is 2.84. The van der Waals surface area contributed by atoms with E-state index in [2.05, 4.69) is 0 Å². The van der Waals surface area contributed by atoms with Gasteiger partial charge in [-0.05, 0) is 19.1 Å². The Morgan fingerprint density at radius 2 is 2.08 bits per heavy atom. The number of carbonyl (C=O) groups is 2. The number of amides is 1. The molecule has 2 bridgehead atoms. The first-order valence-corrected chi connectivity index (χ1v) is 8.46. The number of aliphatic carboxylic acids is 1. The Bertz CT molecular complexity index is 663. The van der Waals surface area contributed by atoms with Crippen molar-refractivity contribution >= 4 is 11.9 Å². The van der Waals surface area contributed by atoms with Crippen molar-refractivity contribution < 1.29 is 24.2 Å². The van der Waals surface area contributed by atoms with E-state index in [0.717, 1.165) is 5.56 Å². The molecule has 0 radical (unpaired) electrons. The number of ether oxygens (including phenoxy) is 2. The van der Waals surface area contributed by atoms with Crippen LogP contribution in [0.1, 0.15) is 15.9 Å². The van der Waals surface area contributed by atoms with Gasteiger partial charge in [0.05, 0.1) is 32.9 Å². The van der Waals surface area contributed by atoms with Crippen molar-refractivity contribution in [1.29, 1.82) is 0 Å². The summed E-state index contributed by atoms with van der Waals surface area (Å²) >= 11 is 0. The fourth-order valence-corrected chi connectivity index (χ4v) is 3.73. The third-order valence-corrected chi connectivity index (χ3v) is 4.90. The molecule has 2 heterocycles. The molecule has 1 amide bonds. The summed E-state index contributed by atoms with van der Waals surface area (Å²) in [7, 11) is 1.59. The highest BCUT2D eigenvalue weighted by Crippen LogP contribution is 2.26. The van der Waals surface area contributed by atoms with E-state index in [0.29, 0.717) is 44.2 Å². The number of hydrogen-bond acceptors (Lipinski definition) is 5. The zero-order chi connectivity index (χ0) is 18.0. The maximum atomic E-state index is 13.2. The van der Waals surface area contributed by atoms with Crippen molar-refractivity contribution in [1.82, 2.24) is 9.80 Å². The second-order valence-corrected chi connectivity index (χ2v) is 6.74. The van der Waals surface area contributed by atoms with Crippen LogP contribution in [-0.2, 0) is 9.53 Å². The highest BCUT2D eigenvalue weighted by atomic mass is 16.5. The fourth-order valence-electron chi connectivity index (χ4n) is 3.73. The number of rotatable bonds is 4. The van der Waals surface area contributed by atoms with Gasteiger partial charge in [0, 0.05) is 36.7 Å². The molecule has 2 atom stereocenters. The highest BCUT2D eigenvalue weighted by molar-refractivity contribution is 5.96. The van der Waals surface area contributed by atoms with E-state index in [1.807, 2.05) is 34.9 Å². The van der Waals surface area contributed by atoms with Crippen LogP contribution in [0.25, 0.3) is 0 Å². The minimum absolute atomic E-state index is 0.00673. The molecule has 1 aromatic carbocycles. The second-order valence-electron chi connectivity index (χ2n) is 6.74. The lowest BCUT2D eigenvalue weighted by Crippen LogP contribution is -2.47. The highest BCUT2D eigenvalue weighted by Gasteiger charge is 2.37. The van der Waals surface area contributed by atoms with Crippen LogP contribution in [-0.4, -0.2) is 79.3 Å². The molecule has 0 spiro atoms. The Balaban J connectivity index is 1.86. The molecular formula is C18H24N2O5. The summed E-state index contributed by atoms with van der Waals surface area (Å²) in [5.41, 5.74) is 1.44. The number of carbonyl (C=O) groups excluding carboxylic acids is 1. The molecular weight excluding hydrogens is 324 g/mol. The van der Waals surface area contributed by atoms with Crippen LogP contribution in [0.2, 0.25) is 0 Å². The van der Waals surface area contributed by atoms with E-state index < -0.39 is 5.97 Å². The van der Waals surface area contributed by atoms with Gasteiger partial charge >= 0.3 is 5.97 Å². The van der Waals surface area contributed by atoms with E-state index >= 15 is 0 Å². The Kier molecular flexibility index (Phi) is 5.24.